The first-order valence-corrected chi connectivity index (χ1v) is 12.4. The van der Waals surface area contributed by atoms with Gasteiger partial charge in [0.15, 0.2) is 4.91 Å². The normalized spacial score (nSPS) is 20.4. The molecule has 9 nitrogen and oxygen atoms in total. The first-order chi connectivity index (χ1) is 15.4. The maximum absolute atomic E-state index is 13.7. The highest BCUT2D eigenvalue weighted by molar-refractivity contribution is 7.94. The summed E-state index contributed by atoms with van der Waals surface area (Å²) in [6.07, 6.45) is 2.17. The molecule has 0 bridgehead atoms. The Balaban J connectivity index is 1.71. The van der Waals surface area contributed by atoms with Crippen molar-refractivity contribution in [3.05, 3.63) is 46.0 Å². The molecule has 2 fully saturated rings. The first-order valence-electron chi connectivity index (χ1n) is 11.0. The van der Waals surface area contributed by atoms with Crippen molar-refractivity contribution in [3.8, 4) is 0 Å². The second-order valence-corrected chi connectivity index (χ2v) is 9.89. The molecule has 0 spiro atoms. The van der Waals surface area contributed by atoms with Crippen LogP contribution in [0.15, 0.2) is 34.9 Å². The van der Waals surface area contributed by atoms with E-state index < -0.39 is 32.6 Å². The van der Waals surface area contributed by atoms with Gasteiger partial charge in [-0.05, 0) is 26.2 Å². The van der Waals surface area contributed by atoms with Gasteiger partial charge in [-0.1, -0.05) is 24.3 Å². The number of rotatable bonds is 4. The van der Waals surface area contributed by atoms with Gasteiger partial charge >= 0.3 is 6.09 Å². The predicted octanol–water partition coefficient (Wildman–Crippen LogP) is 1.87. The molecule has 2 aliphatic heterocycles. The van der Waals surface area contributed by atoms with Crippen molar-refractivity contribution in [2.24, 2.45) is 0 Å². The molecule has 2 saturated heterocycles. The Labute approximate surface area is 187 Å². The number of fused-ring (bicyclic) bond motifs is 1. The van der Waals surface area contributed by atoms with E-state index in [9.17, 15) is 22.8 Å². The monoisotopic (exact) mass is 461 g/mol. The van der Waals surface area contributed by atoms with Gasteiger partial charge in [0.05, 0.1) is 6.61 Å². The van der Waals surface area contributed by atoms with Crippen molar-refractivity contribution in [2.45, 2.75) is 26.2 Å². The lowest BCUT2D eigenvalue weighted by molar-refractivity contribution is 0.0923. The summed E-state index contributed by atoms with van der Waals surface area (Å²) < 4.78 is 33.6. The Hall–Kier alpha value is -2.72. The molecule has 0 unspecified atom stereocenters. The number of hydrogen-bond acceptors (Lipinski definition) is 7. The molecule has 0 N–H and O–H groups in total. The smallest absolute Gasteiger partial charge is 0.409 e. The minimum absolute atomic E-state index is 0.0128. The fourth-order valence-corrected chi connectivity index (χ4v) is 6.15. The Morgan fingerprint density at radius 3 is 2.09 bits per heavy atom. The molecule has 0 saturated carbocycles. The minimum atomic E-state index is -4.25. The van der Waals surface area contributed by atoms with Crippen LogP contribution in [0.25, 0.3) is 0 Å². The van der Waals surface area contributed by atoms with Crippen molar-refractivity contribution < 1.29 is 27.5 Å². The fraction of sp³-hybridized carbons (Fsp3) is 0.500. The highest BCUT2D eigenvalue weighted by Crippen LogP contribution is 2.34. The maximum Gasteiger partial charge on any atom is 0.409 e. The van der Waals surface area contributed by atoms with E-state index >= 15 is 0 Å². The van der Waals surface area contributed by atoms with Gasteiger partial charge in [0, 0.05) is 50.4 Å². The van der Waals surface area contributed by atoms with Gasteiger partial charge in [-0.15, -0.1) is 0 Å². The molecule has 4 rings (SSSR count). The molecular formula is C22H27N3O6S. The molecule has 32 heavy (non-hydrogen) atoms. The molecule has 2 heterocycles. The van der Waals surface area contributed by atoms with Crippen LogP contribution in [-0.2, 0) is 14.8 Å². The molecule has 172 valence electrons. The highest BCUT2D eigenvalue weighted by atomic mass is 32.2. The van der Waals surface area contributed by atoms with Gasteiger partial charge in [0.1, 0.15) is 5.70 Å². The number of piperidine rings is 1. The van der Waals surface area contributed by atoms with Crippen LogP contribution in [0.5, 0.6) is 0 Å². The van der Waals surface area contributed by atoms with E-state index in [0.29, 0.717) is 13.1 Å². The lowest BCUT2D eigenvalue weighted by Crippen LogP contribution is -2.52. The van der Waals surface area contributed by atoms with Crippen LogP contribution in [-0.4, -0.2) is 86.1 Å². The van der Waals surface area contributed by atoms with Gasteiger partial charge in [-0.3, -0.25) is 9.59 Å². The summed E-state index contributed by atoms with van der Waals surface area (Å²) in [4.78, 5) is 41.6. The SMILES string of the molecule is CCOC(=O)N1CCN(S(=O)(=O)C2=C(N3CCCCC3)C(=O)c3ccccc3C2=O)CC1. The van der Waals surface area contributed by atoms with Gasteiger partial charge in [0.25, 0.3) is 0 Å². The van der Waals surface area contributed by atoms with Crippen molar-refractivity contribution in [1.82, 2.24) is 14.1 Å². The Kier molecular flexibility index (Phi) is 6.34. The van der Waals surface area contributed by atoms with Crippen LogP contribution in [0.2, 0.25) is 0 Å². The summed E-state index contributed by atoms with van der Waals surface area (Å²) in [5, 5.41) is 0. The number of benzene rings is 1. The van der Waals surface area contributed by atoms with E-state index in [4.69, 9.17) is 4.74 Å². The van der Waals surface area contributed by atoms with Crippen LogP contribution in [0.4, 0.5) is 4.79 Å². The number of ether oxygens (including phenoxy) is 1. The molecule has 1 aromatic rings. The Morgan fingerprint density at radius 1 is 0.906 bits per heavy atom. The number of carbonyl (C=O) groups is 3. The number of hydrogen-bond donors (Lipinski definition) is 0. The van der Waals surface area contributed by atoms with E-state index in [-0.39, 0.29) is 49.6 Å². The Morgan fingerprint density at radius 2 is 1.50 bits per heavy atom. The van der Waals surface area contributed by atoms with Crippen molar-refractivity contribution in [2.75, 3.05) is 45.9 Å². The van der Waals surface area contributed by atoms with E-state index in [1.807, 2.05) is 0 Å². The number of amides is 1. The lowest BCUT2D eigenvalue weighted by Gasteiger charge is -2.37. The van der Waals surface area contributed by atoms with Crippen molar-refractivity contribution >= 4 is 27.7 Å². The van der Waals surface area contributed by atoms with Crippen LogP contribution in [0.3, 0.4) is 0 Å². The number of carbonyl (C=O) groups excluding carboxylic acids is 3. The summed E-state index contributed by atoms with van der Waals surface area (Å²) >= 11 is 0. The van der Waals surface area contributed by atoms with Gasteiger partial charge in [-0.25, -0.2) is 13.2 Å². The second-order valence-electron chi connectivity index (χ2n) is 8.02. The largest absolute Gasteiger partial charge is 0.450 e. The molecule has 3 aliphatic rings. The van der Waals surface area contributed by atoms with Gasteiger partial charge in [0.2, 0.25) is 21.6 Å². The van der Waals surface area contributed by atoms with Crippen LogP contribution in [0, 0.1) is 0 Å². The zero-order valence-corrected chi connectivity index (χ0v) is 18.9. The number of sulfonamides is 1. The second kappa shape index (κ2) is 9.03. The molecule has 0 aromatic heterocycles. The third-order valence-corrected chi connectivity index (χ3v) is 8.03. The minimum Gasteiger partial charge on any atom is -0.450 e. The third-order valence-electron chi connectivity index (χ3n) is 6.09. The standard InChI is InChI=1S/C22H27N3O6S/c1-2-31-22(28)24-12-14-25(15-13-24)32(29,30)21-18(23-10-6-3-7-11-23)19(26)16-8-4-5-9-17(16)20(21)27/h4-5,8-9H,2-3,6-7,10-15H2,1H3. The average Bonchev–Trinajstić information content (AvgIpc) is 2.82. The fourth-order valence-electron chi connectivity index (χ4n) is 4.44. The van der Waals surface area contributed by atoms with E-state index in [1.165, 1.54) is 15.3 Å². The molecule has 0 radical (unpaired) electrons. The molecule has 0 atom stereocenters. The van der Waals surface area contributed by atoms with Crippen LogP contribution < -0.4 is 0 Å². The Bertz CT molecular complexity index is 1070. The van der Waals surface area contributed by atoms with Crippen molar-refractivity contribution in [3.63, 3.8) is 0 Å². The number of piperazine rings is 1. The predicted molar refractivity (Wildman–Crippen MR) is 117 cm³/mol. The summed E-state index contributed by atoms with van der Waals surface area (Å²) in [5.74, 6) is -1.07. The number of likely N-dealkylation sites (tertiary alicyclic amines) is 1. The number of ketones is 2. The van der Waals surface area contributed by atoms with Crippen LogP contribution >= 0.6 is 0 Å². The number of nitrogens with zero attached hydrogens (tertiary/aromatic N) is 3. The zero-order chi connectivity index (χ0) is 22.9. The number of Topliss-reactive ketones (excluding diaryl/α,β-unsaturated/α-hetero) is 2. The highest BCUT2D eigenvalue weighted by Gasteiger charge is 2.44. The molecule has 10 heteroatoms. The molecule has 1 aromatic carbocycles. The zero-order valence-electron chi connectivity index (χ0n) is 18.1. The van der Waals surface area contributed by atoms with Gasteiger partial charge < -0.3 is 14.5 Å². The van der Waals surface area contributed by atoms with Gasteiger partial charge in [-0.2, -0.15) is 4.31 Å². The molecule has 1 amide bonds. The summed E-state index contributed by atoms with van der Waals surface area (Å²) in [6.45, 7) is 3.38. The first kappa shape index (κ1) is 22.5. The summed E-state index contributed by atoms with van der Waals surface area (Å²) in [7, 11) is -4.25. The molecular weight excluding hydrogens is 434 g/mol. The summed E-state index contributed by atoms with van der Waals surface area (Å²) in [5.41, 5.74) is 0.340. The average molecular weight is 462 g/mol. The third kappa shape index (κ3) is 3.93. The summed E-state index contributed by atoms with van der Waals surface area (Å²) in [6, 6.07) is 6.36. The maximum atomic E-state index is 13.7. The lowest BCUT2D eigenvalue weighted by atomic mass is 9.91. The topological polar surface area (TPSA) is 104 Å². The van der Waals surface area contributed by atoms with Crippen LogP contribution in [0.1, 0.15) is 46.9 Å². The van der Waals surface area contributed by atoms with E-state index in [2.05, 4.69) is 0 Å². The quantitative estimate of drug-likeness (QED) is 0.674. The van der Waals surface area contributed by atoms with E-state index in [0.717, 1.165) is 19.3 Å². The number of allylic oxidation sites excluding steroid dienone is 2. The molecule has 1 aliphatic carbocycles. The van der Waals surface area contributed by atoms with Crippen molar-refractivity contribution in [1.29, 1.82) is 0 Å². The van der Waals surface area contributed by atoms with E-state index in [1.54, 1.807) is 30.0 Å².